The van der Waals surface area contributed by atoms with Gasteiger partial charge in [0, 0.05) is 27.2 Å². The molecule has 2 rings (SSSR count). The Hall–Kier alpha value is -2.19. The van der Waals surface area contributed by atoms with Gasteiger partial charge < -0.3 is 4.57 Å². The smallest absolute Gasteiger partial charge is 0.302 e. The van der Waals surface area contributed by atoms with Crippen molar-refractivity contribution in [2.75, 3.05) is 14.1 Å². The van der Waals surface area contributed by atoms with Crippen LogP contribution < -0.4 is 11.1 Å². The fourth-order valence-electron chi connectivity index (χ4n) is 2.39. The van der Waals surface area contributed by atoms with Crippen molar-refractivity contribution in [3.05, 3.63) is 51.6 Å². The molecule has 1 heterocycles. The van der Waals surface area contributed by atoms with Gasteiger partial charge in [-0.3, -0.25) is 14.2 Å². The number of allylic oxidation sites excluding steroid dienone is 1. The molecular weight excluding hydrogens is 318 g/mol. The van der Waals surface area contributed by atoms with Gasteiger partial charge in [0.05, 0.1) is 15.9 Å². The summed E-state index contributed by atoms with van der Waals surface area (Å²) in [4.78, 5) is 24.5. The zero-order valence-corrected chi connectivity index (χ0v) is 14.1. The van der Waals surface area contributed by atoms with Crippen LogP contribution >= 0.6 is 0 Å². The summed E-state index contributed by atoms with van der Waals surface area (Å²) >= 11 is 0. The SMILES string of the molecule is C=CCn1c(=O)c(=O)n(CC)c2ccc(S(=O)(=O)N(C)C)cc21. The van der Waals surface area contributed by atoms with E-state index in [1.54, 1.807) is 13.0 Å². The molecule has 8 heteroatoms. The van der Waals surface area contributed by atoms with E-state index in [0.717, 1.165) is 4.31 Å². The third kappa shape index (κ3) is 2.75. The summed E-state index contributed by atoms with van der Waals surface area (Å²) in [5, 5.41) is 0. The first-order valence-corrected chi connectivity index (χ1v) is 8.50. The molecule has 1 aromatic carbocycles. The van der Waals surface area contributed by atoms with Gasteiger partial charge in [0.2, 0.25) is 10.0 Å². The molecular formula is C15H19N3O4S. The van der Waals surface area contributed by atoms with Crippen LogP contribution in [0.5, 0.6) is 0 Å². The van der Waals surface area contributed by atoms with Gasteiger partial charge >= 0.3 is 11.1 Å². The van der Waals surface area contributed by atoms with Crippen molar-refractivity contribution in [1.82, 2.24) is 13.4 Å². The lowest BCUT2D eigenvalue weighted by Crippen LogP contribution is -2.41. The fourth-order valence-corrected chi connectivity index (χ4v) is 3.32. The summed E-state index contributed by atoms with van der Waals surface area (Å²) < 4.78 is 28.3. The molecule has 0 bridgehead atoms. The minimum Gasteiger partial charge on any atom is -0.302 e. The maximum atomic E-state index is 12.3. The lowest BCUT2D eigenvalue weighted by molar-refractivity contribution is 0.521. The van der Waals surface area contributed by atoms with Gasteiger partial charge in [-0.2, -0.15) is 0 Å². The first-order valence-electron chi connectivity index (χ1n) is 7.06. The molecule has 0 aliphatic heterocycles. The number of fused-ring (bicyclic) bond motifs is 1. The molecule has 0 spiro atoms. The van der Waals surface area contributed by atoms with Crippen LogP contribution in [0.1, 0.15) is 6.92 Å². The Morgan fingerprint density at radius 3 is 2.26 bits per heavy atom. The molecule has 124 valence electrons. The highest BCUT2D eigenvalue weighted by molar-refractivity contribution is 7.89. The van der Waals surface area contributed by atoms with Crippen LogP contribution in [-0.2, 0) is 23.1 Å². The molecule has 0 N–H and O–H groups in total. The van der Waals surface area contributed by atoms with Gasteiger partial charge in [-0.1, -0.05) is 6.08 Å². The van der Waals surface area contributed by atoms with Crippen LogP contribution in [0.4, 0.5) is 0 Å². The van der Waals surface area contributed by atoms with E-state index in [9.17, 15) is 18.0 Å². The van der Waals surface area contributed by atoms with Gasteiger partial charge in [0.1, 0.15) is 0 Å². The van der Waals surface area contributed by atoms with E-state index in [2.05, 4.69) is 6.58 Å². The van der Waals surface area contributed by atoms with Gasteiger partial charge in [0.25, 0.3) is 0 Å². The molecule has 1 aromatic heterocycles. The highest BCUT2D eigenvalue weighted by Crippen LogP contribution is 2.19. The molecule has 0 amide bonds. The standard InChI is InChI=1S/C15H19N3O4S/c1-5-9-18-13-10-11(23(21,22)16(3)4)7-8-12(13)17(6-2)14(19)15(18)20/h5,7-8,10H,1,6,9H2,2-4H3. The molecule has 0 radical (unpaired) electrons. The van der Waals surface area contributed by atoms with E-state index < -0.39 is 21.1 Å². The van der Waals surface area contributed by atoms with Crippen molar-refractivity contribution >= 4 is 21.1 Å². The molecule has 0 fully saturated rings. The highest BCUT2D eigenvalue weighted by Gasteiger charge is 2.20. The van der Waals surface area contributed by atoms with Crippen molar-refractivity contribution in [3.8, 4) is 0 Å². The number of aryl methyl sites for hydroxylation is 1. The van der Waals surface area contributed by atoms with Gasteiger partial charge in [0.15, 0.2) is 0 Å². The van der Waals surface area contributed by atoms with E-state index in [0.29, 0.717) is 17.6 Å². The van der Waals surface area contributed by atoms with Crippen molar-refractivity contribution in [1.29, 1.82) is 0 Å². The van der Waals surface area contributed by atoms with E-state index in [4.69, 9.17) is 0 Å². The summed E-state index contributed by atoms with van der Waals surface area (Å²) in [6, 6.07) is 4.41. The van der Waals surface area contributed by atoms with E-state index >= 15 is 0 Å². The Bertz CT molecular complexity index is 984. The molecule has 2 aromatic rings. The van der Waals surface area contributed by atoms with Crippen LogP contribution in [0.2, 0.25) is 0 Å². The second-order valence-corrected chi connectivity index (χ2v) is 7.34. The van der Waals surface area contributed by atoms with Gasteiger partial charge in [-0.05, 0) is 25.1 Å². The maximum absolute atomic E-state index is 12.3. The molecule has 23 heavy (non-hydrogen) atoms. The second kappa shape index (κ2) is 6.13. The first-order chi connectivity index (χ1) is 10.8. The maximum Gasteiger partial charge on any atom is 0.317 e. The third-order valence-electron chi connectivity index (χ3n) is 3.61. The van der Waals surface area contributed by atoms with E-state index in [1.165, 1.54) is 41.4 Å². The lowest BCUT2D eigenvalue weighted by atomic mass is 10.2. The third-order valence-corrected chi connectivity index (χ3v) is 5.42. The minimum absolute atomic E-state index is 0.0634. The molecule has 0 atom stereocenters. The van der Waals surface area contributed by atoms with Crippen LogP contribution in [0.3, 0.4) is 0 Å². The summed E-state index contributed by atoms with van der Waals surface area (Å²) in [7, 11) is -0.770. The average Bonchev–Trinajstić information content (AvgIpc) is 2.51. The Kier molecular flexibility index (Phi) is 4.58. The van der Waals surface area contributed by atoms with Gasteiger partial charge in [-0.25, -0.2) is 12.7 Å². The van der Waals surface area contributed by atoms with Crippen molar-refractivity contribution in [3.63, 3.8) is 0 Å². The summed E-state index contributed by atoms with van der Waals surface area (Å²) in [6.07, 6.45) is 1.49. The fraction of sp³-hybridized carbons (Fsp3) is 0.333. The Morgan fingerprint density at radius 1 is 1.13 bits per heavy atom. The topological polar surface area (TPSA) is 81.4 Å². The largest absolute Gasteiger partial charge is 0.317 e. The van der Waals surface area contributed by atoms with Crippen LogP contribution in [-0.4, -0.2) is 36.0 Å². The van der Waals surface area contributed by atoms with E-state index in [1.807, 2.05) is 0 Å². The Morgan fingerprint density at radius 2 is 1.74 bits per heavy atom. The molecule has 0 aliphatic rings. The predicted octanol–water partition coefficient (Wildman–Crippen LogP) is 0.619. The number of benzene rings is 1. The normalized spacial score (nSPS) is 12.0. The van der Waals surface area contributed by atoms with Crippen molar-refractivity contribution in [2.24, 2.45) is 0 Å². The number of aromatic nitrogens is 2. The summed E-state index contributed by atoms with van der Waals surface area (Å²) in [5.41, 5.74) is -0.431. The summed E-state index contributed by atoms with van der Waals surface area (Å²) in [5.74, 6) is 0. The lowest BCUT2D eigenvalue weighted by Gasteiger charge is -2.16. The second-order valence-electron chi connectivity index (χ2n) is 5.19. The number of sulfonamides is 1. The first kappa shape index (κ1) is 17.2. The van der Waals surface area contributed by atoms with Crippen LogP contribution in [0.15, 0.2) is 45.3 Å². The van der Waals surface area contributed by atoms with Crippen LogP contribution in [0.25, 0.3) is 11.0 Å². The number of hydrogen-bond donors (Lipinski definition) is 0. The quantitative estimate of drug-likeness (QED) is 0.592. The van der Waals surface area contributed by atoms with Crippen LogP contribution in [0, 0.1) is 0 Å². The minimum atomic E-state index is -3.64. The molecule has 7 nitrogen and oxygen atoms in total. The number of rotatable bonds is 5. The van der Waals surface area contributed by atoms with E-state index in [-0.39, 0.29) is 11.4 Å². The van der Waals surface area contributed by atoms with Gasteiger partial charge in [-0.15, -0.1) is 6.58 Å². The van der Waals surface area contributed by atoms with Crippen molar-refractivity contribution < 1.29 is 8.42 Å². The number of hydrogen-bond acceptors (Lipinski definition) is 4. The molecule has 0 unspecified atom stereocenters. The van der Waals surface area contributed by atoms with Crippen molar-refractivity contribution in [2.45, 2.75) is 24.9 Å². The monoisotopic (exact) mass is 337 g/mol. The molecule has 0 saturated carbocycles. The summed E-state index contributed by atoms with van der Waals surface area (Å²) in [6.45, 7) is 5.78. The number of nitrogens with zero attached hydrogens (tertiary/aromatic N) is 3. The Labute approximate surface area is 134 Å². The average molecular weight is 337 g/mol. The zero-order valence-electron chi connectivity index (χ0n) is 13.3. The predicted molar refractivity (Wildman–Crippen MR) is 89.2 cm³/mol. The zero-order chi connectivity index (χ0) is 17.4. The molecule has 0 saturated heterocycles. The molecule has 0 aliphatic carbocycles. The highest BCUT2D eigenvalue weighted by atomic mass is 32.2. The Balaban J connectivity index is 2.98.